The summed E-state index contributed by atoms with van der Waals surface area (Å²) in [6.45, 7) is 10.2. The van der Waals surface area contributed by atoms with Crippen LogP contribution in [-0.4, -0.2) is 28.5 Å². The van der Waals surface area contributed by atoms with E-state index < -0.39 is 0 Å². The number of rotatable bonds is 5. The Bertz CT molecular complexity index is 399. The van der Waals surface area contributed by atoms with Crippen molar-refractivity contribution in [1.29, 1.82) is 0 Å². The third-order valence-electron chi connectivity index (χ3n) is 4.39. The molecule has 3 heteroatoms. The molecule has 0 spiro atoms. The molecule has 0 amide bonds. The first kappa shape index (κ1) is 15.3. The monoisotopic (exact) mass is 275 g/mol. The third-order valence-corrected chi connectivity index (χ3v) is 4.39. The lowest BCUT2D eigenvalue weighted by Gasteiger charge is -2.38. The predicted octanol–water partition coefficient (Wildman–Crippen LogP) is 4.23. The molecule has 0 aliphatic carbocycles. The minimum absolute atomic E-state index is 0.482. The molecule has 0 saturated carbocycles. The number of piperidine rings is 1. The van der Waals surface area contributed by atoms with E-state index in [2.05, 4.69) is 61.2 Å². The van der Waals surface area contributed by atoms with Gasteiger partial charge in [0.25, 0.3) is 0 Å². The van der Waals surface area contributed by atoms with E-state index in [1.54, 1.807) is 0 Å². The standard InChI is InChI=1S/C17H29N3/c1-5-14(4)19-17-10-9-15(12-18-17)16-8-6-7-11-20(16)13(2)3/h9-10,12-14,16H,5-8,11H2,1-4H3,(H,18,19). The van der Waals surface area contributed by atoms with E-state index >= 15 is 0 Å². The molecular weight excluding hydrogens is 246 g/mol. The van der Waals surface area contributed by atoms with Gasteiger partial charge in [-0.15, -0.1) is 0 Å². The Kier molecular flexibility index (Phi) is 5.41. The van der Waals surface area contributed by atoms with Crippen LogP contribution in [0.3, 0.4) is 0 Å². The lowest BCUT2D eigenvalue weighted by atomic mass is 9.95. The van der Waals surface area contributed by atoms with Crippen molar-refractivity contribution >= 4 is 5.82 Å². The van der Waals surface area contributed by atoms with Crippen LogP contribution in [0.15, 0.2) is 18.3 Å². The Morgan fingerprint density at radius 2 is 2.10 bits per heavy atom. The summed E-state index contributed by atoms with van der Waals surface area (Å²) in [5.74, 6) is 0.995. The van der Waals surface area contributed by atoms with Crippen molar-refractivity contribution in [1.82, 2.24) is 9.88 Å². The number of nitrogens with one attached hydrogen (secondary N) is 1. The highest BCUT2D eigenvalue weighted by Gasteiger charge is 2.25. The summed E-state index contributed by atoms with van der Waals surface area (Å²) >= 11 is 0. The number of hydrogen-bond donors (Lipinski definition) is 1. The quantitative estimate of drug-likeness (QED) is 0.871. The number of aromatic nitrogens is 1. The molecule has 1 N–H and O–H groups in total. The van der Waals surface area contributed by atoms with Crippen molar-refractivity contribution in [2.24, 2.45) is 0 Å². The van der Waals surface area contributed by atoms with Crippen LogP contribution in [0.25, 0.3) is 0 Å². The lowest BCUT2D eigenvalue weighted by molar-refractivity contribution is 0.112. The van der Waals surface area contributed by atoms with Crippen molar-refractivity contribution in [3.63, 3.8) is 0 Å². The minimum atomic E-state index is 0.482. The van der Waals surface area contributed by atoms with E-state index in [9.17, 15) is 0 Å². The fourth-order valence-electron chi connectivity index (χ4n) is 2.97. The summed E-state index contributed by atoms with van der Waals surface area (Å²) in [4.78, 5) is 7.21. The van der Waals surface area contributed by atoms with E-state index in [-0.39, 0.29) is 0 Å². The van der Waals surface area contributed by atoms with Gasteiger partial charge >= 0.3 is 0 Å². The Labute approximate surface area is 123 Å². The van der Waals surface area contributed by atoms with E-state index in [4.69, 9.17) is 0 Å². The van der Waals surface area contributed by atoms with E-state index in [0.717, 1.165) is 12.2 Å². The van der Waals surface area contributed by atoms with Crippen LogP contribution in [0.5, 0.6) is 0 Å². The average molecular weight is 275 g/mol. The van der Waals surface area contributed by atoms with Crippen LogP contribution in [-0.2, 0) is 0 Å². The number of anilines is 1. The van der Waals surface area contributed by atoms with Crippen molar-refractivity contribution in [3.8, 4) is 0 Å². The van der Waals surface area contributed by atoms with E-state index in [1.807, 2.05) is 0 Å². The maximum Gasteiger partial charge on any atom is 0.126 e. The predicted molar refractivity (Wildman–Crippen MR) is 86.0 cm³/mol. The van der Waals surface area contributed by atoms with Gasteiger partial charge in [-0.25, -0.2) is 4.98 Å². The second-order valence-corrected chi connectivity index (χ2v) is 6.27. The van der Waals surface area contributed by atoms with Crippen molar-refractivity contribution < 1.29 is 0 Å². The fraction of sp³-hybridized carbons (Fsp3) is 0.706. The van der Waals surface area contributed by atoms with Gasteiger partial charge in [-0.1, -0.05) is 19.4 Å². The average Bonchev–Trinajstić information content (AvgIpc) is 2.48. The van der Waals surface area contributed by atoms with Crippen LogP contribution in [0, 0.1) is 0 Å². The largest absolute Gasteiger partial charge is 0.368 e. The van der Waals surface area contributed by atoms with Gasteiger partial charge in [0.2, 0.25) is 0 Å². The molecule has 1 aromatic rings. The summed E-state index contributed by atoms with van der Waals surface area (Å²) < 4.78 is 0. The number of likely N-dealkylation sites (tertiary alicyclic amines) is 1. The van der Waals surface area contributed by atoms with Crippen molar-refractivity contribution in [2.45, 2.75) is 71.5 Å². The molecule has 1 aromatic heterocycles. The summed E-state index contributed by atoms with van der Waals surface area (Å²) in [6, 6.07) is 6.03. The molecule has 2 rings (SSSR count). The molecular formula is C17H29N3. The molecule has 3 nitrogen and oxygen atoms in total. The van der Waals surface area contributed by atoms with Crippen molar-refractivity contribution in [2.75, 3.05) is 11.9 Å². The van der Waals surface area contributed by atoms with Gasteiger partial charge in [0.05, 0.1) is 0 Å². The second-order valence-electron chi connectivity index (χ2n) is 6.27. The Balaban J connectivity index is 2.08. The molecule has 2 atom stereocenters. The fourth-order valence-corrected chi connectivity index (χ4v) is 2.97. The van der Waals surface area contributed by atoms with Crippen LogP contribution in [0.4, 0.5) is 5.82 Å². The number of pyridine rings is 1. The molecule has 20 heavy (non-hydrogen) atoms. The molecule has 0 aromatic carbocycles. The van der Waals surface area contributed by atoms with E-state index in [0.29, 0.717) is 18.1 Å². The smallest absolute Gasteiger partial charge is 0.126 e. The molecule has 2 heterocycles. The van der Waals surface area contributed by atoms with Crippen molar-refractivity contribution in [3.05, 3.63) is 23.9 Å². The molecule has 1 fully saturated rings. The highest BCUT2D eigenvalue weighted by atomic mass is 15.2. The Morgan fingerprint density at radius 1 is 1.30 bits per heavy atom. The first-order valence-electron chi connectivity index (χ1n) is 8.10. The van der Waals surface area contributed by atoms with Gasteiger partial charge in [0, 0.05) is 24.3 Å². The zero-order valence-corrected chi connectivity index (χ0v) is 13.4. The molecule has 1 saturated heterocycles. The van der Waals surface area contributed by atoms with Gasteiger partial charge in [-0.3, -0.25) is 4.90 Å². The second kappa shape index (κ2) is 7.07. The van der Waals surface area contributed by atoms with Crippen LogP contribution in [0.2, 0.25) is 0 Å². The zero-order valence-electron chi connectivity index (χ0n) is 13.4. The minimum Gasteiger partial charge on any atom is -0.368 e. The first-order valence-corrected chi connectivity index (χ1v) is 8.10. The SMILES string of the molecule is CCC(C)Nc1ccc(C2CCCCN2C(C)C)cn1. The van der Waals surface area contributed by atoms with Crippen LogP contribution < -0.4 is 5.32 Å². The summed E-state index contributed by atoms with van der Waals surface area (Å²) in [5.41, 5.74) is 1.37. The van der Waals surface area contributed by atoms with E-state index in [1.165, 1.54) is 31.4 Å². The maximum absolute atomic E-state index is 4.60. The molecule has 0 radical (unpaired) electrons. The Morgan fingerprint density at radius 3 is 2.70 bits per heavy atom. The maximum atomic E-state index is 4.60. The Hall–Kier alpha value is -1.09. The van der Waals surface area contributed by atoms with Gasteiger partial charge < -0.3 is 5.32 Å². The summed E-state index contributed by atoms with van der Waals surface area (Å²) in [5, 5.41) is 3.43. The van der Waals surface area contributed by atoms with Gasteiger partial charge in [0.15, 0.2) is 0 Å². The van der Waals surface area contributed by atoms with Gasteiger partial charge in [0.1, 0.15) is 5.82 Å². The number of hydrogen-bond acceptors (Lipinski definition) is 3. The third kappa shape index (κ3) is 3.72. The zero-order chi connectivity index (χ0) is 14.5. The summed E-state index contributed by atoms with van der Waals surface area (Å²) in [7, 11) is 0. The molecule has 1 aliphatic rings. The lowest BCUT2D eigenvalue weighted by Crippen LogP contribution is -2.38. The highest BCUT2D eigenvalue weighted by Crippen LogP contribution is 2.32. The van der Waals surface area contributed by atoms with Gasteiger partial charge in [-0.05, 0) is 58.2 Å². The topological polar surface area (TPSA) is 28.2 Å². The molecule has 2 unspecified atom stereocenters. The normalized spacial score (nSPS) is 21.9. The number of nitrogens with zero attached hydrogens (tertiary/aromatic N) is 2. The van der Waals surface area contributed by atoms with Crippen LogP contribution in [0.1, 0.15) is 65.0 Å². The first-order chi connectivity index (χ1) is 9.61. The van der Waals surface area contributed by atoms with Gasteiger partial charge in [-0.2, -0.15) is 0 Å². The molecule has 112 valence electrons. The van der Waals surface area contributed by atoms with Crippen LogP contribution >= 0.6 is 0 Å². The highest BCUT2D eigenvalue weighted by molar-refractivity contribution is 5.37. The molecule has 1 aliphatic heterocycles. The molecule has 0 bridgehead atoms. The summed E-state index contributed by atoms with van der Waals surface area (Å²) in [6.07, 6.45) is 7.11.